The minimum atomic E-state index is -4.30. The average Bonchev–Trinajstić information content (AvgIpc) is 3.14. The van der Waals surface area contributed by atoms with Crippen LogP contribution in [0.5, 0.6) is 5.75 Å². The molecule has 1 aliphatic heterocycles. The Hall–Kier alpha value is -3.19. The Kier molecular flexibility index (Phi) is 7.26. The number of aliphatic imine (C=N–C) groups is 1. The van der Waals surface area contributed by atoms with Gasteiger partial charge in [-0.05, 0) is 66.4 Å². The Morgan fingerprint density at radius 3 is 2.54 bits per heavy atom. The highest BCUT2D eigenvalue weighted by Crippen LogP contribution is 2.33. The van der Waals surface area contributed by atoms with Gasteiger partial charge in [-0.25, -0.2) is 4.99 Å². The van der Waals surface area contributed by atoms with Gasteiger partial charge in [0.2, 0.25) is 0 Å². The van der Waals surface area contributed by atoms with Crippen molar-refractivity contribution in [3.8, 4) is 5.75 Å². The zero-order valence-electron chi connectivity index (χ0n) is 17.3. The summed E-state index contributed by atoms with van der Waals surface area (Å²) in [5.74, 6) is -0.451. The van der Waals surface area contributed by atoms with E-state index in [-0.39, 0.29) is 21.2 Å². The minimum absolute atomic E-state index is 0.0346. The van der Waals surface area contributed by atoms with Crippen molar-refractivity contribution >= 4 is 77.9 Å². The summed E-state index contributed by atoms with van der Waals surface area (Å²) in [5.41, 5.74) is 0.617. The molecule has 1 saturated heterocycles. The molecule has 4 rings (SSSR count). The van der Waals surface area contributed by atoms with Crippen LogP contribution in [0.25, 0.3) is 6.08 Å². The van der Waals surface area contributed by atoms with E-state index in [9.17, 15) is 23.3 Å². The van der Waals surface area contributed by atoms with Crippen molar-refractivity contribution in [3.63, 3.8) is 0 Å². The van der Waals surface area contributed by atoms with E-state index in [0.717, 1.165) is 36.0 Å². The van der Waals surface area contributed by atoms with Crippen LogP contribution in [-0.4, -0.2) is 24.4 Å². The molecule has 1 aliphatic rings. The molecule has 0 aromatic heterocycles. The molecule has 3 aromatic carbocycles. The lowest BCUT2D eigenvalue weighted by atomic mass is 10.2. The third-order valence-corrected chi connectivity index (χ3v) is 7.37. The van der Waals surface area contributed by atoms with E-state index in [0.29, 0.717) is 25.9 Å². The standard InChI is InChI=1S/C22H13BrClN3O6S2/c23-14-4-9-19(33-35(31,32)18-7-5-17(6-8-18)27(29)30)13(10-14)11-20-21(28)26-22(34-20)25-16-3-1-2-15(24)12-16/h1-12H,(H,25,26,28)/b20-11+. The maximum atomic E-state index is 12.8. The van der Waals surface area contributed by atoms with Crippen LogP contribution in [0.1, 0.15) is 5.56 Å². The van der Waals surface area contributed by atoms with Gasteiger partial charge < -0.3 is 9.50 Å². The highest BCUT2D eigenvalue weighted by atomic mass is 79.9. The van der Waals surface area contributed by atoms with E-state index in [1.165, 1.54) is 12.1 Å². The lowest BCUT2D eigenvalue weighted by Gasteiger charge is -2.10. The number of carbonyl (C=O) groups excluding carboxylic acids is 1. The predicted molar refractivity (Wildman–Crippen MR) is 137 cm³/mol. The fourth-order valence-electron chi connectivity index (χ4n) is 2.89. The van der Waals surface area contributed by atoms with E-state index in [1.807, 2.05) is 0 Å². The van der Waals surface area contributed by atoms with Crippen molar-refractivity contribution in [2.45, 2.75) is 4.90 Å². The van der Waals surface area contributed by atoms with Crippen LogP contribution in [0.15, 0.2) is 86.0 Å². The van der Waals surface area contributed by atoms with Gasteiger partial charge >= 0.3 is 10.1 Å². The zero-order valence-corrected chi connectivity index (χ0v) is 21.3. The fraction of sp³-hybridized carbons (Fsp3) is 0. The number of nitrogens with one attached hydrogen (secondary N) is 1. The number of amides is 1. The number of hydrogen-bond donors (Lipinski definition) is 1. The summed E-state index contributed by atoms with van der Waals surface area (Å²) < 4.78 is 31.5. The number of thioether (sulfide) groups is 1. The largest absolute Gasteiger partial charge is 0.378 e. The molecule has 178 valence electrons. The number of nitrogens with zero attached hydrogens (tertiary/aromatic N) is 2. The van der Waals surface area contributed by atoms with E-state index >= 15 is 0 Å². The second-order valence-electron chi connectivity index (χ2n) is 6.93. The SMILES string of the molecule is O=C1NC(=Nc2cccc(Cl)c2)S/C1=C/c1cc(Br)ccc1OS(=O)(=O)c1ccc([N+](=O)[O-])cc1. The van der Waals surface area contributed by atoms with Gasteiger partial charge in [0, 0.05) is 27.2 Å². The van der Waals surface area contributed by atoms with Crippen molar-refractivity contribution in [1.29, 1.82) is 0 Å². The molecular weight excluding hydrogens is 582 g/mol. The molecule has 0 atom stereocenters. The normalized spacial score (nSPS) is 15.9. The molecule has 1 heterocycles. The molecule has 1 amide bonds. The van der Waals surface area contributed by atoms with Crippen LogP contribution in [0.4, 0.5) is 11.4 Å². The van der Waals surface area contributed by atoms with Crippen molar-refractivity contribution < 1.29 is 22.3 Å². The molecule has 0 saturated carbocycles. The Morgan fingerprint density at radius 1 is 1.11 bits per heavy atom. The van der Waals surface area contributed by atoms with Gasteiger partial charge in [-0.3, -0.25) is 14.9 Å². The van der Waals surface area contributed by atoms with E-state index in [2.05, 4.69) is 26.2 Å². The third-order valence-electron chi connectivity index (χ3n) is 4.48. The van der Waals surface area contributed by atoms with Gasteiger partial charge in [-0.2, -0.15) is 8.42 Å². The van der Waals surface area contributed by atoms with Gasteiger partial charge in [-0.1, -0.05) is 33.6 Å². The number of nitro groups is 1. The topological polar surface area (TPSA) is 128 Å². The van der Waals surface area contributed by atoms with E-state index in [1.54, 1.807) is 36.4 Å². The first-order chi connectivity index (χ1) is 16.6. The predicted octanol–water partition coefficient (Wildman–Crippen LogP) is 5.67. The molecule has 0 radical (unpaired) electrons. The number of rotatable bonds is 6. The minimum Gasteiger partial charge on any atom is -0.378 e. The molecule has 9 nitrogen and oxygen atoms in total. The van der Waals surface area contributed by atoms with Crippen LogP contribution >= 0.6 is 39.3 Å². The second-order valence-corrected chi connectivity index (χ2v) is 10.9. The maximum absolute atomic E-state index is 12.8. The Morgan fingerprint density at radius 2 is 1.86 bits per heavy atom. The molecule has 1 fully saturated rings. The van der Waals surface area contributed by atoms with Gasteiger partial charge in [-0.15, -0.1) is 0 Å². The monoisotopic (exact) mass is 593 g/mol. The van der Waals surface area contributed by atoms with Crippen LogP contribution in [0, 0.1) is 10.1 Å². The number of nitro benzene ring substituents is 1. The summed E-state index contributed by atoms with van der Waals surface area (Å²) in [5, 5.41) is 14.3. The third kappa shape index (κ3) is 6.09. The van der Waals surface area contributed by atoms with Crippen molar-refractivity contribution in [3.05, 3.63) is 96.8 Å². The van der Waals surface area contributed by atoms with Gasteiger partial charge in [0.15, 0.2) is 5.17 Å². The number of amidine groups is 1. The molecule has 0 bridgehead atoms. The molecule has 1 N–H and O–H groups in total. The smallest absolute Gasteiger partial charge is 0.339 e. The fourth-order valence-corrected chi connectivity index (χ4v) is 5.24. The summed E-state index contributed by atoms with van der Waals surface area (Å²) >= 11 is 10.4. The van der Waals surface area contributed by atoms with Crippen molar-refractivity contribution in [2.75, 3.05) is 0 Å². The van der Waals surface area contributed by atoms with Crippen LogP contribution in [-0.2, 0) is 14.9 Å². The Balaban J connectivity index is 1.62. The molecule has 3 aromatic rings. The number of hydrogen-bond acceptors (Lipinski definition) is 8. The lowest BCUT2D eigenvalue weighted by Crippen LogP contribution is -2.19. The molecular formula is C22H13BrClN3O6S2. The second kappa shape index (κ2) is 10.2. The lowest BCUT2D eigenvalue weighted by molar-refractivity contribution is -0.384. The summed E-state index contributed by atoms with van der Waals surface area (Å²) in [4.78, 5) is 27.1. The molecule has 0 unspecified atom stereocenters. The van der Waals surface area contributed by atoms with Crippen LogP contribution < -0.4 is 9.50 Å². The number of non-ortho nitro benzene ring substituents is 1. The van der Waals surface area contributed by atoms with Crippen LogP contribution in [0.2, 0.25) is 5.02 Å². The number of halogens is 2. The first-order valence-corrected chi connectivity index (χ1v) is 13.0. The molecule has 0 spiro atoms. The van der Waals surface area contributed by atoms with Gasteiger partial charge in [0.1, 0.15) is 10.6 Å². The van der Waals surface area contributed by atoms with Gasteiger partial charge in [0.05, 0.1) is 15.5 Å². The first-order valence-electron chi connectivity index (χ1n) is 9.64. The van der Waals surface area contributed by atoms with E-state index in [4.69, 9.17) is 15.8 Å². The zero-order chi connectivity index (χ0) is 25.2. The van der Waals surface area contributed by atoms with E-state index < -0.39 is 20.9 Å². The average molecular weight is 595 g/mol. The highest BCUT2D eigenvalue weighted by molar-refractivity contribution is 9.10. The Bertz CT molecular complexity index is 1510. The van der Waals surface area contributed by atoms with Gasteiger partial charge in [0.25, 0.3) is 11.6 Å². The van der Waals surface area contributed by atoms with Crippen molar-refractivity contribution in [2.24, 2.45) is 4.99 Å². The molecule has 0 aliphatic carbocycles. The van der Waals surface area contributed by atoms with Crippen molar-refractivity contribution in [1.82, 2.24) is 5.32 Å². The summed E-state index contributed by atoms with van der Waals surface area (Å²) in [6.07, 6.45) is 1.48. The highest BCUT2D eigenvalue weighted by Gasteiger charge is 2.25. The van der Waals surface area contributed by atoms with Crippen LogP contribution in [0.3, 0.4) is 0 Å². The summed E-state index contributed by atoms with van der Waals surface area (Å²) in [6.45, 7) is 0. The summed E-state index contributed by atoms with van der Waals surface area (Å²) in [6, 6.07) is 15.7. The number of carbonyl (C=O) groups is 1. The Labute approximate surface area is 217 Å². The summed E-state index contributed by atoms with van der Waals surface area (Å²) in [7, 11) is -4.30. The maximum Gasteiger partial charge on any atom is 0.339 e. The first kappa shape index (κ1) is 24.9. The molecule has 35 heavy (non-hydrogen) atoms. The number of benzene rings is 3. The molecule has 13 heteroatoms. The quantitative estimate of drug-likeness (QED) is 0.169.